The van der Waals surface area contributed by atoms with E-state index >= 15 is 0 Å². The molecule has 2 bridgehead atoms. The van der Waals surface area contributed by atoms with Gasteiger partial charge in [-0.25, -0.2) is 0 Å². The Morgan fingerprint density at radius 1 is 0.923 bits per heavy atom. The molecule has 0 aromatic rings. The van der Waals surface area contributed by atoms with E-state index in [-0.39, 0.29) is 42.7 Å². The summed E-state index contributed by atoms with van der Waals surface area (Å²) in [5.41, 5.74) is -3.91. The molecule has 39 heavy (non-hydrogen) atoms. The molecule has 0 aromatic heterocycles. The van der Waals surface area contributed by atoms with Gasteiger partial charge in [-0.2, -0.15) is 0 Å². The van der Waals surface area contributed by atoms with E-state index in [0.29, 0.717) is 12.8 Å². The Labute approximate surface area is 226 Å². The van der Waals surface area contributed by atoms with E-state index in [2.05, 4.69) is 0 Å². The van der Waals surface area contributed by atoms with E-state index in [1.165, 1.54) is 0 Å². The molecule has 6 heterocycles. The monoisotopic (exact) mass is 544 g/mol. The molecule has 2 aliphatic carbocycles. The molecule has 10 nitrogen and oxygen atoms in total. The van der Waals surface area contributed by atoms with Crippen molar-refractivity contribution < 1.29 is 48.0 Å². The molecule has 2 saturated carbocycles. The first-order valence-corrected chi connectivity index (χ1v) is 14.5. The second kappa shape index (κ2) is 6.94. The fourth-order valence-corrected chi connectivity index (χ4v) is 10.8. The maximum absolute atomic E-state index is 14.8. The minimum atomic E-state index is -1.80. The van der Waals surface area contributed by atoms with Gasteiger partial charge in [-0.15, -0.1) is 0 Å². The predicted molar refractivity (Wildman–Crippen MR) is 129 cm³/mol. The summed E-state index contributed by atoms with van der Waals surface area (Å²) in [6.45, 7) is 9.33. The normalized spacial score (nSPS) is 59.9. The van der Waals surface area contributed by atoms with Gasteiger partial charge in [0, 0.05) is 35.5 Å². The number of Topliss-reactive ketones (excluding diaryl/α,β-unsaturated/α-hetero) is 2. The second-order valence-corrected chi connectivity index (χ2v) is 14.4. The van der Waals surface area contributed by atoms with Crippen molar-refractivity contribution in [1.29, 1.82) is 0 Å². The van der Waals surface area contributed by atoms with Crippen LogP contribution >= 0.6 is 0 Å². The predicted octanol–water partition coefficient (Wildman–Crippen LogP) is 1.48. The van der Waals surface area contributed by atoms with Gasteiger partial charge in [-0.05, 0) is 40.0 Å². The van der Waals surface area contributed by atoms with Crippen LogP contribution in [0.1, 0.15) is 66.7 Å². The van der Waals surface area contributed by atoms with Crippen molar-refractivity contribution in [3.05, 3.63) is 0 Å². The zero-order valence-electron chi connectivity index (χ0n) is 22.9. The highest BCUT2D eigenvalue weighted by atomic mass is 16.7. The SMILES string of the molecule is C[C@@H]1C(=O)[C@]2(C)CC[C@@]34C[C@@]56OC(=O)C[C@@H]5OC(C)(C)[C@H]6C[C@@H](O)[C@H]3C(=O)[C@]3(O[C@@H]5[C@@H](OC(=O)[C@@H]5C)[C@H]1[C@@H]32)O4. The van der Waals surface area contributed by atoms with Crippen molar-refractivity contribution in [2.75, 3.05) is 0 Å². The Hall–Kier alpha value is -1.88. The van der Waals surface area contributed by atoms with E-state index < -0.39 is 88.0 Å². The summed E-state index contributed by atoms with van der Waals surface area (Å²) in [6.07, 6.45) is -1.75. The fourth-order valence-electron chi connectivity index (χ4n) is 10.8. The summed E-state index contributed by atoms with van der Waals surface area (Å²) >= 11 is 0. The van der Waals surface area contributed by atoms with Crippen molar-refractivity contribution in [3.63, 3.8) is 0 Å². The number of aliphatic hydroxyl groups excluding tert-OH is 1. The highest BCUT2D eigenvalue weighted by molar-refractivity contribution is 5.97. The van der Waals surface area contributed by atoms with Crippen LogP contribution in [-0.4, -0.2) is 75.6 Å². The zero-order valence-corrected chi connectivity index (χ0v) is 22.9. The van der Waals surface area contributed by atoms with E-state index in [9.17, 15) is 24.3 Å². The first-order valence-electron chi connectivity index (χ1n) is 14.5. The quantitative estimate of drug-likeness (QED) is 0.447. The lowest BCUT2D eigenvalue weighted by molar-refractivity contribution is -0.331. The summed E-state index contributed by atoms with van der Waals surface area (Å²) in [6, 6.07) is 0. The lowest BCUT2D eigenvalue weighted by Gasteiger charge is -2.50. The standard InChI is InChI=1S/C29H36O10/c1-11-17-20-19(12(2)24(34)35-20)38-29-21(17)26(5,22(11)32)6-7-27(39-29)10-28-14(8-13(30)18(27)23(29)33)25(3,4)36-15(28)9-16(31)37-28/h11-15,17-21,30H,6-10H2,1-5H3/t11-,12+,13+,14+,15-,17-,18-,19-,20-,21+,26+,27+,28-,29+/m0/s1. The number of carbonyl (C=O) groups is 4. The van der Waals surface area contributed by atoms with Crippen molar-refractivity contribution in [1.82, 2.24) is 0 Å². The van der Waals surface area contributed by atoms with E-state index in [4.69, 9.17) is 23.7 Å². The Balaban J connectivity index is 1.32. The van der Waals surface area contributed by atoms with Crippen LogP contribution in [0.5, 0.6) is 0 Å². The first kappa shape index (κ1) is 24.9. The summed E-state index contributed by atoms with van der Waals surface area (Å²) in [4.78, 5) is 54.1. The Morgan fingerprint density at radius 3 is 2.41 bits per heavy atom. The largest absolute Gasteiger partial charge is 0.459 e. The third kappa shape index (κ3) is 2.56. The molecule has 8 aliphatic rings. The summed E-state index contributed by atoms with van der Waals surface area (Å²) < 4.78 is 32.0. The molecule has 0 radical (unpaired) electrons. The van der Waals surface area contributed by atoms with Crippen LogP contribution in [0.2, 0.25) is 0 Å². The first-order chi connectivity index (χ1) is 18.2. The number of esters is 2. The number of aliphatic hydroxyl groups is 1. The van der Waals surface area contributed by atoms with Crippen molar-refractivity contribution in [3.8, 4) is 0 Å². The smallest absolute Gasteiger partial charge is 0.311 e. The molecule has 8 fully saturated rings. The molecular weight excluding hydrogens is 508 g/mol. The Kier molecular flexibility index (Phi) is 4.43. The third-order valence-corrected chi connectivity index (χ3v) is 12.3. The van der Waals surface area contributed by atoms with Crippen LogP contribution in [-0.2, 0) is 42.9 Å². The number of rotatable bonds is 0. The van der Waals surface area contributed by atoms with Crippen LogP contribution in [0.4, 0.5) is 0 Å². The fraction of sp³-hybridized carbons (Fsp3) is 0.862. The molecule has 6 saturated heterocycles. The Bertz CT molecular complexity index is 1240. The zero-order chi connectivity index (χ0) is 27.7. The minimum Gasteiger partial charge on any atom is -0.459 e. The van der Waals surface area contributed by atoms with E-state index in [1.54, 1.807) is 6.92 Å². The number of ketones is 2. The number of hydrogen-bond acceptors (Lipinski definition) is 10. The number of hydrogen-bond donors (Lipinski definition) is 1. The minimum absolute atomic E-state index is 0.0225. The Morgan fingerprint density at radius 2 is 1.67 bits per heavy atom. The highest BCUT2D eigenvalue weighted by Crippen LogP contribution is 2.71. The van der Waals surface area contributed by atoms with Gasteiger partial charge >= 0.3 is 11.9 Å². The molecule has 10 heteroatoms. The average Bonchev–Trinajstić information content (AvgIpc) is 3.45. The maximum Gasteiger partial charge on any atom is 0.311 e. The van der Waals surface area contributed by atoms with Crippen molar-refractivity contribution in [2.24, 2.45) is 40.9 Å². The molecule has 0 amide bonds. The van der Waals surface area contributed by atoms with Crippen LogP contribution < -0.4 is 0 Å². The molecule has 1 N–H and O–H groups in total. The molecule has 6 aliphatic heterocycles. The van der Waals surface area contributed by atoms with Crippen molar-refractivity contribution >= 4 is 23.5 Å². The van der Waals surface area contributed by atoms with Gasteiger partial charge in [-0.3, -0.25) is 19.2 Å². The lowest BCUT2D eigenvalue weighted by Crippen LogP contribution is -2.64. The van der Waals surface area contributed by atoms with Crippen LogP contribution in [0.15, 0.2) is 0 Å². The second-order valence-electron chi connectivity index (χ2n) is 14.4. The van der Waals surface area contributed by atoms with Crippen LogP contribution in [0.3, 0.4) is 0 Å². The number of carbonyl (C=O) groups excluding carboxylic acids is 4. The molecule has 14 atom stereocenters. The van der Waals surface area contributed by atoms with Crippen molar-refractivity contribution in [2.45, 2.75) is 114 Å². The van der Waals surface area contributed by atoms with E-state index in [0.717, 1.165) is 0 Å². The number of fused-ring (bicyclic) bond motifs is 2. The summed E-state index contributed by atoms with van der Waals surface area (Å²) in [5.74, 6) is -6.35. The maximum atomic E-state index is 14.8. The van der Waals surface area contributed by atoms with Crippen LogP contribution in [0.25, 0.3) is 0 Å². The van der Waals surface area contributed by atoms with Crippen LogP contribution in [0, 0.1) is 40.9 Å². The summed E-state index contributed by atoms with van der Waals surface area (Å²) in [7, 11) is 0. The van der Waals surface area contributed by atoms with Gasteiger partial charge in [0.1, 0.15) is 29.7 Å². The molecule has 212 valence electrons. The molecular formula is C29H36O10. The van der Waals surface area contributed by atoms with Gasteiger partial charge in [0.25, 0.3) is 0 Å². The van der Waals surface area contributed by atoms with Gasteiger partial charge < -0.3 is 28.8 Å². The van der Waals surface area contributed by atoms with Gasteiger partial charge in [0.2, 0.25) is 11.6 Å². The van der Waals surface area contributed by atoms with Gasteiger partial charge in [0.05, 0.1) is 35.6 Å². The number of ether oxygens (including phenoxy) is 5. The third-order valence-electron chi connectivity index (χ3n) is 12.3. The van der Waals surface area contributed by atoms with Gasteiger partial charge in [0.15, 0.2) is 0 Å². The molecule has 0 aromatic carbocycles. The van der Waals surface area contributed by atoms with E-state index in [1.807, 2.05) is 27.7 Å². The van der Waals surface area contributed by atoms with Gasteiger partial charge in [-0.1, -0.05) is 13.8 Å². The molecule has 0 unspecified atom stereocenters. The molecule has 8 rings (SSSR count). The topological polar surface area (TPSA) is 135 Å². The highest BCUT2D eigenvalue weighted by Gasteiger charge is 2.83. The molecule has 3 spiro atoms. The average molecular weight is 545 g/mol. The summed E-state index contributed by atoms with van der Waals surface area (Å²) in [5, 5.41) is 11.8. The lowest BCUT2D eigenvalue weighted by atomic mass is 9.60.